The number of fused-ring (bicyclic) bond motifs is 2. The molecule has 0 atom stereocenters. The van der Waals surface area contributed by atoms with Gasteiger partial charge in [-0.3, -0.25) is 9.48 Å². The van der Waals surface area contributed by atoms with Crippen molar-refractivity contribution in [2.45, 2.75) is 25.8 Å². The predicted octanol–water partition coefficient (Wildman–Crippen LogP) is 4.78. The Balaban J connectivity index is 1.44. The fourth-order valence-electron chi connectivity index (χ4n) is 4.98. The second kappa shape index (κ2) is 8.09. The van der Waals surface area contributed by atoms with Gasteiger partial charge in [0.2, 0.25) is 5.91 Å². The summed E-state index contributed by atoms with van der Waals surface area (Å²) in [7, 11) is 0. The minimum Gasteiger partial charge on any atom is -0.366 e. The minimum absolute atomic E-state index is 0.0277. The number of benzene rings is 2. The number of aromatic nitrogens is 4. The number of aryl methyl sites for hydroxylation is 1. The van der Waals surface area contributed by atoms with E-state index in [2.05, 4.69) is 56.6 Å². The highest BCUT2D eigenvalue weighted by Crippen LogP contribution is 2.43. The quantitative estimate of drug-likeness (QED) is 0.400. The van der Waals surface area contributed by atoms with Crippen LogP contribution in [0.15, 0.2) is 49.3 Å². The molecule has 7 nitrogen and oxygen atoms in total. The van der Waals surface area contributed by atoms with Gasteiger partial charge in [0.15, 0.2) is 0 Å². The molecule has 8 heteroatoms. The Kier molecular flexibility index (Phi) is 5.03. The van der Waals surface area contributed by atoms with Gasteiger partial charge in [0.05, 0.1) is 35.2 Å². The van der Waals surface area contributed by atoms with Crippen LogP contribution in [-0.4, -0.2) is 57.0 Å². The highest BCUT2D eigenvalue weighted by Gasteiger charge is 2.28. The first-order valence-electron chi connectivity index (χ1n) is 11.6. The molecule has 2 aromatic heterocycles. The molecule has 2 aliphatic rings. The van der Waals surface area contributed by atoms with E-state index in [4.69, 9.17) is 11.6 Å². The Morgan fingerprint density at radius 2 is 1.94 bits per heavy atom. The van der Waals surface area contributed by atoms with Gasteiger partial charge in [-0.1, -0.05) is 30.3 Å². The molecule has 0 radical (unpaired) electrons. The van der Waals surface area contributed by atoms with Crippen molar-refractivity contribution in [1.29, 1.82) is 0 Å². The molecule has 6 rings (SSSR count). The van der Waals surface area contributed by atoms with Gasteiger partial charge in [0, 0.05) is 53.1 Å². The zero-order valence-corrected chi connectivity index (χ0v) is 19.8. The molecule has 0 bridgehead atoms. The summed E-state index contributed by atoms with van der Waals surface area (Å²) in [4.78, 5) is 16.0. The van der Waals surface area contributed by atoms with E-state index in [-0.39, 0.29) is 5.91 Å². The molecule has 34 heavy (non-hydrogen) atoms. The van der Waals surface area contributed by atoms with Crippen molar-refractivity contribution >= 4 is 45.0 Å². The lowest BCUT2D eigenvalue weighted by Gasteiger charge is -2.35. The fraction of sp³-hybridized carbons (Fsp3) is 0.308. The first-order valence-corrected chi connectivity index (χ1v) is 12.0. The summed E-state index contributed by atoms with van der Waals surface area (Å²) in [6.07, 6.45) is 7.43. The maximum Gasteiger partial charge on any atom is 0.246 e. The van der Waals surface area contributed by atoms with Gasteiger partial charge in [-0.05, 0) is 43.5 Å². The van der Waals surface area contributed by atoms with Gasteiger partial charge in [-0.15, -0.1) is 0 Å². The zero-order valence-electron chi connectivity index (χ0n) is 19.0. The number of halogens is 1. The van der Waals surface area contributed by atoms with Crippen molar-refractivity contribution in [2.24, 2.45) is 0 Å². The maximum atomic E-state index is 12.0. The topological polar surface area (TPSA) is 67.2 Å². The van der Waals surface area contributed by atoms with Crippen molar-refractivity contribution < 1.29 is 4.79 Å². The van der Waals surface area contributed by atoms with Crippen LogP contribution >= 0.6 is 11.6 Å². The van der Waals surface area contributed by atoms with Crippen molar-refractivity contribution in [1.82, 2.24) is 24.9 Å². The van der Waals surface area contributed by atoms with E-state index in [1.54, 1.807) is 6.20 Å². The number of amides is 1. The third kappa shape index (κ3) is 3.42. The second-order valence-electron chi connectivity index (χ2n) is 9.11. The van der Waals surface area contributed by atoms with Gasteiger partial charge in [0.1, 0.15) is 0 Å². The van der Waals surface area contributed by atoms with E-state index in [9.17, 15) is 4.79 Å². The number of nitrogens with zero attached hydrogens (tertiary/aromatic N) is 6. The number of hydrogen-bond donors (Lipinski definition) is 0. The smallest absolute Gasteiger partial charge is 0.246 e. The fourth-order valence-corrected chi connectivity index (χ4v) is 5.24. The number of rotatable bonds is 4. The largest absolute Gasteiger partial charge is 0.366 e. The van der Waals surface area contributed by atoms with Crippen LogP contribution in [-0.2, 0) is 4.79 Å². The van der Waals surface area contributed by atoms with Gasteiger partial charge in [-0.25, -0.2) is 0 Å². The SMILES string of the molecule is C=CC(=O)N1CCN(c2cnnc3cc(-c4c(C)ccc5cnn(C6CC6)c45)c(Cl)cc23)CC1. The summed E-state index contributed by atoms with van der Waals surface area (Å²) in [6, 6.07) is 8.79. The molecule has 1 saturated heterocycles. The van der Waals surface area contributed by atoms with Crippen molar-refractivity contribution in [3.8, 4) is 11.1 Å². The number of piperazine rings is 1. The Hall–Kier alpha value is -3.45. The minimum atomic E-state index is -0.0277. The average molecular weight is 473 g/mol. The van der Waals surface area contributed by atoms with Gasteiger partial charge in [-0.2, -0.15) is 15.3 Å². The van der Waals surface area contributed by atoms with Gasteiger partial charge in [0.25, 0.3) is 0 Å². The molecule has 0 unspecified atom stereocenters. The van der Waals surface area contributed by atoms with Crippen LogP contribution in [0.4, 0.5) is 5.69 Å². The lowest BCUT2D eigenvalue weighted by atomic mass is 9.96. The lowest BCUT2D eigenvalue weighted by Crippen LogP contribution is -2.48. The Morgan fingerprint density at radius 3 is 2.68 bits per heavy atom. The molecule has 1 aliphatic heterocycles. The van der Waals surface area contributed by atoms with Crippen molar-refractivity contribution in [3.63, 3.8) is 0 Å². The Morgan fingerprint density at radius 1 is 1.15 bits per heavy atom. The summed E-state index contributed by atoms with van der Waals surface area (Å²) < 4.78 is 2.16. The average Bonchev–Trinajstić information content (AvgIpc) is 3.62. The van der Waals surface area contributed by atoms with E-state index in [0.717, 1.165) is 70.1 Å². The normalized spacial score (nSPS) is 16.4. The maximum absolute atomic E-state index is 12.0. The van der Waals surface area contributed by atoms with E-state index >= 15 is 0 Å². The molecule has 0 N–H and O–H groups in total. The molecule has 1 amide bonds. The third-order valence-electron chi connectivity index (χ3n) is 6.94. The van der Waals surface area contributed by atoms with E-state index in [1.165, 1.54) is 6.08 Å². The second-order valence-corrected chi connectivity index (χ2v) is 9.52. The summed E-state index contributed by atoms with van der Waals surface area (Å²) in [5.41, 5.74) is 6.14. The van der Waals surface area contributed by atoms with Crippen LogP contribution in [0.1, 0.15) is 24.4 Å². The van der Waals surface area contributed by atoms with E-state index < -0.39 is 0 Å². The van der Waals surface area contributed by atoms with Crippen molar-refractivity contribution in [3.05, 3.63) is 59.9 Å². The number of hydrogen-bond acceptors (Lipinski definition) is 5. The van der Waals surface area contributed by atoms with E-state index in [0.29, 0.717) is 24.2 Å². The first kappa shape index (κ1) is 21.1. The van der Waals surface area contributed by atoms with Crippen LogP contribution < -0.4 is 4.90 Å². The van der Waals surface area contributed by atoms with Crippen LogP contribution in [0.2, 0.25) is 5.02 Å². The third-order valence-corrected chi connectivity index (χ3v) is 7.26. The summed E-state index contributed by atoms with van der Waals surface area (Å²) in [5, 5.41) is 16.2. The number of anilines is 1. The molecule has 1 aliphatic carbocycles. The van der Waals surface area contributed by atoms with Crippen LogP contribution in [0.25, 0.3) is 32.9 Å². The van der Waals surface area contributed by atoms with Crippen LogP contribution in [0.5, 0.6) is 0 Å². The standard InChI is InChI=1S/C26H25ClN6O/c1-3-24(34)32-10-8-31(9-11-32)23-15-28-30-22-13-19(21(27)12-20(22)23)25-16(2)4-5-17-14-29-33(26(17)25)18-6-7-18/h3-5,12-15,18H,1,6-11H2,2H3. The molecular weight excluding hydrogens is 448 g/mol. The lowest BCUT2D eigenvalue weighted by molar-refractivity contribution is -0.126. The Bertz CT molecular complexity index is 1450. The summed E-state index contributed by atoms with van der Waals surface area (Å²) >= 11 is 6.96. The van der Waals surface area contributed by atoms with Crippen LogP contribution in [0.3, 0.4) is 0 Å². The molecule has 3 heterocycles. The summed E-state index contributed by atoms with van der Waals surface area (Å²) in [6.45, 7) is 8.44. The molecule has 2 aromatic carbocycles. The predicted molar refractivity (Wildman–Crippen MR) is 135 cm³/mol. The molecule has 4 aromatic rings. The van der Waals surface area contributed by atoms with Gasteiger partial charge >= 0.3 is 0 Å². The Labute approximate surface area is 202 Å². The first-order chi connectivity index (χ1) is 16.5. The van der Waals surface area contributed by atoms with Crippen LogP contribution in [0, 0.1) is 6.92 Å². The molecule has 0 spiro atoms. The number of carbonyl (C=O) groups is 1. The molecule has 2 fully saturated rings. The van der Waals surface area contributed by atoms with Gasteiger partial charge < -0.3 is 9.80 Å². The number of carbonyl (C=O) groups excluding carboxylic acids is 1. The molecule has 172 valence electrons. The molecule has 1 saturated carbocycles. The van der Waals surface area contributed by atoms with E-state index in [1.807, 2.05) is 17.2 Å². The highest BCUT2D eigenvalue weighted by molar-refractivity contribution is 6.35. The summed E-state index contributed by atoms with van der Waals surface area (Å²) in [5.74, 6) is -0.0277. The zero-order chi connectivity index (χ0) is 23.4. The monoisotopic (exact) mass is 472 g/mol. The van der Waals surface area contributed by atoms with Crippen molar-refractivity contribution in [2.75, 3.05) is 31.1 Å². The highest BCUT2D eigenvalue weighted by atomic mass is 35.5. The molecular formula is C26H25ClN6O.